The first-order valence-corrected chi connectivity index (χ1v) is 8.91. The molecule has 1 aliphatic rings. The summed E-state index contributed by atoms with van der Waals surface area (Å²) in [4.78, 5) is 26.9. The molecular formula is C19H19BrN2O3. The van der Waals surface area contributed by atoms with Crippen molar-refractivity contribution in [2.45, 2.75) is 19.1 Å². The van der Waals surface area contributed by atoms with E-state index in [1.54, 1.807) is 24.0 Å². The largest absolute Gasteiger partial charge is 0.481 e. The maximum Gasteiger partial charge on any atom is 0.264 e. The quantitative estimate of drug-likeness (QED) is 0.854. The summed E-state index contributed by atoms with van der Waals surface area (Å²) >= 11 is 3.39. The van der Waals surface area contributed by atoms with Crippen LogP contribution in [-0.2, 0) is 9.59 Å². The van der Waals surface area contributed by atoms with Gasteiger partial charge in [-0.25, -0.2) is 0 Å². The van der Waals surface area contributed by atoms with E-state index in [1.807, 2.05) is 42.5 Å². The van der Waals surface area contributed by atoms with Gasteiger partial charge in [-0.05, 0) is 36.8 Å². The van der Waals surface area contributed by atoms with Gasteiger partial charge in [0.05, 0.1) is 0 Å². The lowest BCUT2D eigenvalue weighted by Gasteiger charge is -2.36. The highest BCUT2D eigenvalue weighted by molar-refractivity contribution is 9.10. The fraction of sp³-hybridized carbons (Fsp3) is 0.263. The molecule has 130 valence electrons. The molecule has 0 radical (unpaired) electrons. The maximum atomic E-state index is 12.9. The highest BCUT2D eigenvalue weighted by Crippen LogP contribution is 2.26. The summed E-state index contributed by atoms with van der Waals surface area (Å²) in [5.74, 6) is 0.255. The Kier molecular flexibility index (Phi) is 5.38. The SMILES string of the molecule is C[C@H](Oc1ccccc1)C(=O)N1CCNC(=O)[C@H]1c1ccc(Br)cc1. The van der Waals surface area contributed by atoms with Crippen LogP contribution >= 0.6 is 15.9 Å². The van der Waals surface area contributed by atoms with Crippen molar-refractivity contribution in [3.63, 3.8) is 0 Å². The molecule has 5 nitrogen and oxygen atoms in total. The van der Waals surface area contributed by atoms with Crippen LogP contribution in [0.4, 0.5) is 0 Å². The molecule has 1 aliphatic heterocycles. The first-order valence-electron chi connectivity index (χ1n) is 8.11. The van der Waals surface area contributed by atoms with Crippen LogP contribution in [0.15, 0.2) is 59.1 Å². The van der Waals surface area contributed by atoms with Crippen LogP contribution in [0.5, 0.6) is 5.75 Å². The van der Waals surface area contributed by atoms with E-state index in [0.29, 0.717) is 18.8 Å². The van der Waals surface area contributed by atoms with Crippen molar-refractivity contribution in [1.82, 2.24) is 10.2 Å². The molecule has 1 N–H and O–H groups in total. The number of para-hydroxylation sites is 1. The predicted molar refractivity (Wildman–Crippen MR) is 98.1 cm³/mol. The molecule has 0 aromatic heterocycles. The number of nitrogens with one attached hydrogen (secondary N) is 1. The van der Waals surface area contributed by atoms with E-state index >= 15 is 0 Å². The van der Waals surface area contributed by atoms with E-state index in [1.165, 1.54) is 0 Å². The molecule has 0 bridgehead atoms. The number of nitrogens with zero attached hydrogens (tertiary/aromatic N) is 1. The molecular weight excluding hydrogens is 384 g/mol. The lowest BCUT2D eigenvalue weighted by atomic mass is 10.0. The fourth-order valence-corrected chi connectivity index (χ4v) is 3.13. The van der Waals surface area contributed by atoms with Crippen LogP contribution in [0.2, 0.25) is 0 Å². The third-order valence-corrected chi connectivity index (χ3v) is 4.61. The average Bonchev–Trinajstić information content (AvgIpc) is 2.62. The second-order valence-electron chi connectivity index (χ2n) is 5.85. The first kappa shape index (κ1) is 17.5. The van der Waals surface area contributed by atoms with Crippen LogP contribution in [-0.4, -0.2) is 35.9 Å². The summed E-state index contributed by atoms with van der Waals surface area (Å²) in [7, 11) is 0. The van der Waals surface area contributed by atoms with Crippen molar-refractivity contribution in [3.8, 4) is 5.75 Å². The van der Waals surface area contributed by atoms with Crippen LogP contribution in [0.25, 0.3) is 0 Å². The molecule has 0 saturated carbocycles. The number of hydrogen-bond acceptors (Lipinski definition) is 3. The summed E-state index contributed by atoms with van der Waals surface area (Å²) in [6.07, 6.45) is -0.675. The topological polar surface area (TPSA) is 58.6 Å². The van der Waals surface area contributed by atoms with Gasteiger partial charge < -0.3 is 15.0 Å². The summed E-state index contributed by atoms with van der Waals surface area (Å²) in [5, 5.41) is 2.83. The molecule has 2 atom stereocenters. The van der Waals surface area contributed by atoms with Gasteiger partial charge >= 0.3 is 0 Å². The van der Waals surface area contributed by atoms with Gasteiger partial charge in [-0.2, -0.15) is 0 Å². The standard InChI is InChI=1S/C19H19BrN2O3/c1-13(25-16-5-3-2-4-6-16)19(24)22-12-11-21-18(23)17(22)14-7-9-15(20)10-8-14/h2-10,13,17H,11-12H2,1H3,(H,21,23)/t13-,17+/m0/s1. The maximum absolute atomic E-state index is 12.9. The highest BCUT2D eigenvalue weighted by Gasteiger charge is 2.36. The molecule has 0 spiro atoms. The van der Waals surface area contributed by atoms with Crippen molar-refractivity contribution in [2.24, 2.45) is 0 Å². The van der Waals surface area contributed by atoms with E-state index in [9.17, 15) is 9.59 Å². The monoisotopic (exact) mass is 402 g/mol. The third kappa shape index (κ3) is 4.02. The molecule has 0 aliphatic carbocycles. The van der Waals surface area contributed by atoms with E-state index in [4.69, 9.17) is 4.74 Å². The number of ether oxygens (including phenoxy) is 1. The summed E-state index contributed by atoms with van der Waals surface area (Å²) in [5.41, 5.74) is 0.778. The Bertz CT molecular complexity index is 749. The Hall–Kier alpha value is -2.34. The smallest absolute Gasteiger partial charge is 0.264 e. The number of piperazine rings is 1. The number of carbonyl (C=O) groups excluding carboxylic acids is 2. The summed E-state index contributed by atoms with van der Waals surface area (Å²) in [6, 6.07) is 16.0. The number of hydrogen-bond donors (Lipinski definition) is 1. The number of carbonyl (C=O) groups is 2. The third-order valence-electron chi connectivity index (χ3n) is 4.08. The van der Waals surface area contributed by atoms with Gasteiger partial charge in [0.1, 0.15) is 11.8 Å². The van der Waals surface area contributed by atoms with Gasteiger partial charge in [0.15, 0.2) is 6.10 Å². The molecule has 1 heterocycles. The van der Waals surface area contributed by atoms with Gasteiger partial charge in [0.2, 0.25) is 5.91 Å². The zero-order chi connectivity index (χ0) is 17.8. The van der Waals surface area contributed by atoms with Crippen LogP contribution < -0.4 is 10.1 Å². The number of halogens is 1. The lowest BCUT2D eigenvalue weighted by Crippen LogP contribution is -2.54. The Morgan fingerprint density at radius 1 is 1.20 bits per heavy atom. The average molecular weight is 403 g/mol. The molecule has 25 heavy (non-hydrogen) atoms. The van der Waals surface area contributed by atoms with Crippen LogP contribution in [0.3, 0.4) is 0 Å². The molecule has 0 unspecified atom stereocenters. The van der Waals surface area contributed by atoms with Crippen molar-refractivity contribution in [3.05, 3.63) is 64.6 Å². The minimum absolute atomic E-state index is 0.172. The Labute approximate surface area is 155 Å². The molecule has 1 saturated heterocycles. The zero-order valence-electron chi connectivity index (χ0n) is 13.8. The molecule has 3 rings (SSSR count). The zero-order valence-corrected chi connectivity index (χ0v) is 15.4. The minimum atomic E-state index is -0.675. The van der Waals surface area contributed by atoms with Gasteiger partial charge in [0, 0.05) is 17.6 Å². The predicted octanol–water partition coefficient (Wildman–Crippen LogP) is 2.92. The van der Waals surface area contributed by atoms with Crippen molar-refractivity contribution < 1.29 is 14.3 Å². The van der Waals surface area contributed by atoms with Crippen LogP contribution in [0.1, 0.15) is 18.5 Å². The Morgan fingerprint density at radius 2 is 1.88 bits per heavy atom. The van der Waals surface area contributed by atoms with Crippen molar-refractivity contribution in [2.75, 3.05) is 13.1 Å². The summed E-state index contributed by atoms with van der Waals surface area (Å²) < 4.78 is 6.66. The first-order chi connectivity index (χ1) is 12.1. The molecule has 2 amide bonds. The lowest BCUT2D eigenvalue weighted by molar-refractivity contribution is -0.148. The fourth-order valence-electron chi connectivity index (χ4n) is 2.87. The molecule has 2 aromatic carbocycles. The second kappa shape index (κ2) is 7.70. The van der Waals surface area contributed by atoms with E-state index < -0.39 is 12.1 Å². The van der Waals surface area contributed by atoms with Gasteiger partial charge in [-0.3, -0.25) is 9.59 Å². The Balaban J connectivity index is 1.80. The molecule has 2 aromatic rings. The van der Waals surface area contributed by atoms with Gasteiger partial charge in [-0.15, -0.1) is 0 Å². The van der Waals surface area contributed by atoms with Crippen molar-refractivity contribution in [1.29, 1.82) is 0 Å². The van der Waals surface area contributed by atoms with Gasteiger partial charge in [-0.1, -0.05) is 46.3 Å². The van der Waals surface area contributed by atoms with E-state index in [-0.39, 0.29) is 11.8 Å². The second-order valence-corrected chi connectivity index (χ2v) is 6.77. The molecule has 1 fully saturated rings. The number of amides is 2. The van der Waals surface area contributed by atoms with Crippen molar-refractivity contribution >= 4 is 27.7 Å². The van der Waals surface area contributed by atoms with Crippen LogP contribution in [0, 0.1) is 0 Å². The van der Waals surface area contributed by atoms with E-state index in [2.05, 4.69) is 21.2 Å². The molecule has 6 heteroatoms. The number of rotatable bonds is 4. The summed E-state index contributed by atoms with van der Waals surface area (Å²) in [6.45, 7) is 2.60. The van der Waals surface area contributed by atoms with E-state index in [0.717, 1.165) is 10.0 Å². The minimum Gasteiger partial charge on any atom is -0.481 e. The Morgan fingerprint density at radius 3 is 2.56 bits per heavy atom. The normalized spacial score (nSPS) is 18.4. The number of benzene rings is 2. The highest BCUT2D eigenvalue weighted by atomic mass is 79.9. The van der Waals surface area contributed by atoms with Gasteiger partial charge in [0.25, 0.3) is 5.91 Å².